The molecule has 0 saturated carbocycles. The topological polar surface area (TPSA) is 86.7 Å². The summed E-state index contributed by atoms with van der Waals surface area (Å²) in [5.41, 5.74) is 0. The summed E-state index contributed by atoms with van der Waals surface area (Å²) in [5.74, 6) is -1.11. The lowest BCUT2D eigenvalue weighted by atomic mass is 10.2. The normalized spacial score (nSPS) is 19.3. The Morgan fingerprint density at radius 3 is 2.75 bits per heavy atom. The fraction of sp³-hybridized carbons (Fsp3) is 0.700. The first-order valence-corrected chi connectivity index (χ1v) is 5.27. The molecule has 0 spiro atoms. The van der Waals surface area contributed by atoms with Crippen molar-refractivity contribution >= 4 is 17.8 Å². The lowest BCUT2D eigenvalue weighted by Gasteiger charge is -2.20. The average molecular weight is 228 g/mol. The number of carbonyl (C=O) groups excluding carboxylic acids is 2. The van der Waals surface area contributed by atoms with Gasteiger partial charge in [0.25, 0.3) is 0 Å². The molecule has 1 saturated heterocycles. The summed E-state index contributed by atoms with van der Waals surface area (Å²) in [6.07, 6.45) is 1.40. The zero-order chi connectivity index (χ0) is 12.1. The molecule has 0 radical (unpaired) electrons. The van der Waals surface area contributed by atoms with E-state index in [1.165, 1.54) is 4.90 Å². The highest BCUT2D eigenvalue weighted by Crippen LogP contribution is 2.09. The fourth-order valence-electron chi connectivity index (χ4n) is 1.64. The van der Waals surface area contributed by atoms with E-state index in [1.807, 2.05) is 0 Å². The first kappa shape index (κ1) is 12.5. The largest absolute Gasteiger partial charge is 0.481 e. The summed E-state index contributed by atoms with van der Waals surface area (Å²) in [4.78, 5) is 34.4. The summed E-state index contributed by atoms with van der Waals surface area (Å²) in [6, 6.07) is -0.428. The van der Waals surface area contributed by atoms with E-state index in [9.17, 15) is 14.4 Å². The predicted molar refractivity (Wildman–Crippen MR) is 55.7 cm³/mol. The minimum Gasteiger partial charge on any atom is -0.481 e. The van der Waals surface area contributed by atoms with Crippen molar-refractivity contribution in [1.82, 2.24) is 10.2 Å². The number of carboxylic acids is 1. The zero-order valence-corrected chi connectivity index (χ0v) is 9.23. The molecule has 0 aromatic carbocycles. The first-order valence-electron chi connectivity index (χ1n) is 5.27. The van der Waals surface area contributed by atoms with E-state index in [0.29, 0.717) is 25.8 Å². The van der Waals surface area contributed by atoms with Crippen molar-refractivity contribution in [2.75, 3.05) is 13.6 Å². The van der Waals surface area contributed by atoms with Gasteiger partial charge < -0.3 is 15.3 Å². The highest BCUT2D eigenvalue weighted by atomic mass is 16.4. The van der Waals surface area contributed by atoms with E-state index in [4.69, 9.17) is 5.11 Å². The number of likely N-dealkylation sites (N-methyl/N-ethyl adjacent to an activating group) is 1. The van der Waals surface area contributed by atoms with Crippen LogP contribution in [0.25, 0.3) is 0 Å². The Labute approximate surface area is 93.6 Å². The van der Waals surface area contributed by atoms with Crippen LogP contribution in [-0.2, 0) is 14.4 Å². The highest BCUT2D eigenvalue weighted by Gasteiger charge is 2.29. The van der Waals surface area contributed by atoms with Crippen molar-refractivity contribution in [3.8, 4) is 0 Å². The molecule has 1 rings (SSSR count). The van der Waals surface area contributed by atoms with Gasteiger partial charge in [-0.25, -0.2) is 0 Å². The van der Waals surface area contributed by atoms with Crippen molar-refractivity contribution < 1.29 is 19.5 Å². The standard InChI is InChI=1S/C10H16N2O4/c1-12(6-2-3-9(14)15)10(16)7-4-5-8(13)11-7/h7H,2-6H2,1H3,(H,11,13)(H,14,15)/t7-/m0/s1. The van der Waals surface area contributed by atoms with E-state index in [0.717, 1.165) is 0 Å². The van der Waals surface area contributed by atoms with Crippen LogP contribution < -0.4 is 5.32 Å². The van der Waals surface area contributed by atoms with Gasteiger partial charge in [-0.2, -0.15) is 0 Å². The summed E-state index contributed by atoms with van der Waals surface area (Å²) >= 11 is 0. The van der Waals surface area contributed by atoms with E-state index in [2.05, 4.69) is 5.32 Å². The van der Waals surface area contributed by atoms with Crippen LogP contribution >= 0.6 is 0 Å². The Morgan fingerprint density at radius 1 is 1.56 bits per heavy atom. The molecule has 0 aromatic heterocycles. The zero-order valence-electron chi connectivity index (χ0n) is 9.23. The molecular formula is C10H16N2O4. The number of aliphatic carboxylic acids is 1. The molecular weight excluding hydrogens is 212 g/mol. The molecule has 2 N–H and O–H groups in total. The average Bonchev–Trinajstić information content (AvgIpc) is 2.63. The smallest absolute Gasteiger partial charge is 0.303 e. The number of carboxylic acid groups (broad SMARTS) is 1. The van der Waals surface area contributed by atoms with Crippen LogP contribution in [0.5, 0.6) is 0 Å². The van der Waals surface area contributed by atoms with Crippen molar-refractivity contribution in [3.05, 3.63) is 0 Å². The molecule has 0 aliphatic carbocycles. The SMILES string of the molecule is CN(CCCC(=O)O)C(=O)[C@@H]1CCC(=O)N1. The Morgan fingerprint density at radius 2 is 2.25 bits per heavy atom. The molecule has 2 amide bonds. The number of nitrogens with zero attached hydrogens (tertiary/aromatic N) is 1. The molecule has 1 aliphatic rings. The van der Waals surface area contributed by atoms with E-state index in [-0.39, 0.29) is 18.2 Å². The van der Waals surface area contributed by atoms with Gasteiger partial charge in [-0.1, -0.05) is 0 Å². The van der Waals surface area contributed by atoms with Crippen molar-refractivity contribution in [2.45, 2.75) is 31.7 Å². The Bertz CT molecular complexity index is 303. The summed E-state index contributed by atoms with van der Waals surface area (Å²) < 4.78 is 0. The summed E-state index contributed by atoms with van der Waals surface area (Å²) in [7, 11) is 1.62. The molecule has 0 bridgehead atoms. The van der Waals surface area contributed by atoms with Crippen LogP contribution in [0.3, 0.4) is 0 Å². The highest BCUT2D eigenvalue weighted by molar-refractivity contribution is 5.90. The van der Waals surface area contributed by atoms with Gasteiger partial charge in [-0.05, 0) is 12.8 Å². The molecule has 6 nitrogen and oxygen atoms in total. The van der Waals surface area contributed by atoms with E-state index < -0.39 is 12.0 Å². The van der Waals surface area contributed by atoms with Gasteiger partial charge in [0.05, 0.1) is 0 Å². The van der Waals surface area contributed by atoms with Crippen LogP contribution in [0.1, 0.15) is 25.7 Å². The first-order chi connectivity index (χ1) is 7.50. The van der Waals surface area contributed by atoms with E-state index >= 15 is 0 Å². The van der Waals surface area contributed by atoms with Gasteiger partial charge >= 0.3 is 5.97 Å². The van der Waals surface area contributed by atoms with Gasteiger partial charge in [0.2, 0.25) is 11.8 Å². The summed E-state index contributed by atoms with van der Waals surface area (Å²) in [6.45, 7) is 0.400. The third kappa shape index (κ3) is 3.52. The Kier molecular flexibility index (Phi) is 4.28. The van der Waals surface area contributed by atoms with Gasteiger partial charge in [-0.15, -0.1) is 0 Å². The van der Waals surface area contributed by atoms with E-state index in [1.54, 1.807) is 7.05 Å². The van der Waals surface area contributed by atoms with Crippen LogP contribution in [0.15, 0.2) is 0 Å². The number of rotatable bonds is 5. The van der Waals surface area contributed by atoms with Gasteiger partial charge in [0.1, 0.15) is 6.04 Å². The maximum Gasteiger partial charge on any atom is 0.303 e. The molecule has 1 aliphatic heterocycles. The minimum atomic E-state index is -0.866. The number of nitrogens with one attached hydrogen (secondary N) is 1. The molecule has 6 heteroatoms. The molecule has 0 unspecified atom stereocenters. The minimum absolute atomic E-state index is 0.0502. The van der Waals surface area contributed by atoms with Gasteiger partial charge in [-0.3, -0.25) is 14.4 Å². The van der Waals surface area contributed by atoms with Crippen molar-refractivity contribution in [2.24, 2.45) is 0 Å². The second-order valence-electron chi connectivity index (χ2n) is 3.92. The molecule has 16 heavy (non-hydrogen) atoms. The van der Waals surface area contributed by atoms with Crippen LogP contribution in [0.2, 0.25) is 0 Å². The third-order valence-corrected chi connectivity index (χ3v) is 2.55. The molecule has 0 aromatic rings. The Hall–Kier alpha value is -1.59. The number of carbonyl (C=O) groups is 3. The Balaban J connectivity index is 2.30. The third-order valence-electron chi connectivity index (χ3n) is 2.55. The quantitative estimate of drug-likeness (QED) is 0.669. The molecule has 1 fully saturated rings. The van der Waals surface area contributed by atoms with Crippen LogP contribution in [-0.4, -0.2) is 47.4 Å². The maximum atomic E-state index is 11.7. The van der Waals surface area contributed by atoms with Crippen molar-refractivity contribution in [3.63, 3.8) is 0 Å². The molecule has 1 atom stereocenters. The van der Waals surface area contributed by atoms with Gasteiger partial charge in [0, 0.05) is 26.4 Å². The lowest BCUT2D eigenvalue weighted by molar-refractivity contribution is -0.138. The second kappa shape index (κ2) is 5.48. The van der Waals surface area contributed by atoms with Crippen LogP contribution in [0, 0.1) is 0 Å². The number of hydrogen-bond donors (Lipinski definition) is 2. The van der Waals surface area contributed by atoms with Crippen molar-refractivity contribution in [1.29, 1.82) is 0 Å². The predicted octanol–water partition coefficient (Wildman–Crippen LogP) is -0.412. The number of hydrogen-bond acceptors (Lipinski definition) is 3. The second-order valence-corrected chi connectivity index (χ2v) is 3.92. The van der Waals surface area contributed by atoms with Gasteiger partial charge in [0.15, 0.2) is 0 Å². The molecule has 90 valence electrons. The summed E-state index contributed by atoms with van der Waals surface area (Å²) in [5, 5.41) is 11.0. The lowest BCUT2D eigenvalue weighted by Crippen LogP contribution is -2.43. The monoisotopic (exact) mass is 228 g/mol. The maximum absolute atomic E-state index is 11.7. The van der Waals surface area contributed by atoms with Crippen LogP contribution in [0.4, 0.5) is 0 Å². The fourth-order valence-corrected chi connectivity index (χ4v) is 1.64. The molecule has 1 heterocycles. The number of amides is 2.